The minimum atomic E-state index is 0.752. The number of rotatable bonds is 5. The summed E-state index contributed by atoms with van der Waals surface area (Å²) >= 11 is 1.96. The third-order valence-electron chi connectivity index (χ3n) is 3.22. The van der Waals surface area contributed by atoms with Crippen LogP contribution in [0, 0.1) is 0 Å². The standard InChI is InChI=1S/C11H24N2S/c1-10-9-11(12-2)5-7-13(10)6-4-8-14-3/h10-12H,4-9H2,1-3H3. The quantitative estimate of drug-likeness (QED) is 0.706. The van der Waals surface area contributed by atoms with Crippen LogP contribution in [0.1, 0.15) is 26.2 Å². The Labute approximate surface area is 92.8 Å². The molecule has 84 valence electrons. The Bertz CT molecular complexity index is 150. The van der Waals surface area contributed by atoms with Gasteiger partial charge in [0.2, 0.25) is 0 Å². The zero-order valence-corrected chi connectivity index (χ0v) is 10.6. The van der Waals surface area contributed by atoms with Crippen LogP contribution >= 0.6 is 11.8 Å². The molecule has 2 atom stereocenters. The highest BCUT2D eigenvalue weighted by Gasteiger charge is 2.23. The van der Waals surface area contributed by atoms with Crippen molar-refractivity contribution < 1.29 is 0 Å². The van der Waals surface area contributed by atoms with Gasteiger partial charge in [-0.3, -0.25) is 0 Å². The lowest BCUT2D eigenvalue weighted by Crippen LogP contribution is -2.46. The fourth-order valence-electron chi connectivity index (χ4n) is 2.23. The molecule has 0 aromatic rings. The second-order valence-electron chi connectivity index (χ2n) is 4.24. The van der Waals surface area contributed by atoms with E-state index in [-0.39, 0.29) is 0 Å². The molecule has 1 fully saturated rings. The van der Waals surface area contributed by atoms with Crippen molar-refractivity contribution >= 4 is 11.8 Å². The molecule has 1 aliphatic heterocycles. The maximum absolute atomic E-state index is 3.39. The highest BCUT2D eigenvalue weighted by atomic mass is 32.2. The molecule has 2 nitrogen and oxygen atoms in total. The molecule has 2 unspecified atom stereocenters. The van der Waals surface area contributed by atoms with Crippen LogP contribution in [-0.2, 0) is 0 Å². The molecule has 0 saturated carbocycles. The number of nitrogens with zero attached hydrogens (tertiary/aromatic N) is 1. The summed E-state index contributed by atoms with van der Waals surface area (Å²) in [7, 11) is 2.08. The second-order valence-corrected chi connectivity index (χ2v) is 5.23. The Morgan fingerprint density at radius 2 is 2.29 bits per heavy atom. The van der Waals surface area contributed by atoms with Gasteiger partial charge in [-0.15, -0.1) is 0 Å². The molecule has 0 aromatic heterocycles. The van der Waals surface area contributed by atoms with Gasteiger partial charge in [-0.1, -0.05) is 0 Å². The van der Waals surface area contributed by atoms with Gasteiger partial charge in [0.15, 0.2) is 0 Å². The highest BCUT2D eigenvalue weighted by Crippen LogP contribution is 2.17. The Balaban J connectivity index is 2.20. The van der Waals surface area contributed by atoms with Crippen molar-refractivity contribution in [2.75, 3.05) is 32.1 Å². The predicted molar refractivity (Wildman–Crippen MR) is 66.1 cm³/mol. The lowest BCUT2D eigenvalue weighted by Gasteiger charge is -2.37. The van der Waals surface area contributed by atoms with E-state index >= 15 is 0 Å². The third-order valence-corrected chi connectivity index (χ3v) is 3.91. The van der Waals surface area contributed by atoms with Crippen LogP contribution in [0.5, 0.6) is 0 Å². The Kier molecular flexibility index (Phi) is 5.90. The molecule has 0 bridgehead atoms. The molecule has 0 amide bonds. The average molecular weight is 216 g/mol. The molecule has 0 radical (unpaired) electrons. The van der Waals surface area contributed by atoms with Gasteiger partial charge in [0.25, 0.3) is 0 Å². The Morgan fingerprint density at radius 1 is 1.50 bits per heavy atom. The van der Waals surface area contributed by atoms with E-state index in [1.54, 1.807) is 0 Å². The largest absolute Gasteiger partial charge is 0.317 e. The number of hydrogen-bond acceptors (Lipinski definition) is 3. The van der Waals surface area contributed by atoms with Crippen molar-refractivity contribution in [3.63, 3.8) is 0 Å². The summed E-state index contributed by atoms with van der Waals surface area (Å²) in [6, 6.07) is 1.52. The monoisotopic (exact) mass is 216 g/mol. The van der Waals surface area contributed by atoms with Crippen molar-refractivity contribution in [3.8, 4) is 0 Å². The minimum absolute atomic E-state index is 0.752. The lowest BCUT2D eigenvalue weighted by atomic mass is 9.98. The van der Waals surface area contributed by atoms with E-state index in [0.29, 0.717) is 0 Å². The topological polar surface area (TPSA) is 15.3 Å². The van der Waals surface area contributed by atoms with Gasteiger partial charge >= 0.3 is 0 Å². The van der Waals surface area contributed by atoms with Crippen LogP contribution in [0.3, 0.4) is 0 Å². The van der Waals surface area contributed by atoms with Crippen LogP contribution in [0.15, 0.2) is 0 Å². The molecule has 1 N–H and O–H groups in total. The van der Waals surface area contributed by atoms with Crippen molar-refractivity contribution in [2.24, 2.45) is 0 Å². The van der Waals surface area contributed by atoms with Crippen LogP contribution in [-0.4, -0.2) is 49.1 Å². The normalized spacial score (nSPS) is 29.4. The van der Waals surface area contributed by atoms with Gasteiger partial charge in [0.1, 0.15) is 0 Å². The average Bonchev–Trinajstić information content (AvgIpc) is 2.20. The van der Waals surface area contributed by atoms with Crippen molar-refractivity contribution in [1.29, 1.82) is 0 Å². The van der Waals surface area contributed by atoms with Crippen LogP contribution < -0.4 is 5.32 Å². The molecule has 1 heterocycles. The van der Waals surface area contributed by atoms with E-state index in [2.05, 4.69) is 30.4 Å². The van der Waals surface area contributed by atoms with Gasteiger partial charge in [-0.2, -0.15) is 11.8 Å². The summed E-state index contributed by atoms with van der Waals surface area (Å²) in [6.45, 7) is 4.93. The second kappa shape index (κ2) is 6.70. The molecule has 0 aliphatic carbocycles. The SMILES string of the molecule is CNC1CCN(CCCSC)C(C)C1. The Hall–Kier alpha value is 0.270. The van der Waals surface area contributed by atoms with Gasteiger partial charge in [-0.05, 0) is 58.3 Å². The molecule has 0 spiro atoms. The smallest absolute Gasteiger partial charge is 0.00910 e. The number of thioether (sulfide) groups is 1. The number of nitrogens with one attached hydrogen (secondary N) is 1. The predicted octanol–water partition coefficient (Wildman–Crippen LogP) is 1.81. The summed E-state index contributed by atoms with van der Waals surface area (Å²) in [4.78, 5) is 2.64. The van der Waals surface area contributed by atoms with E-state index in [0.717, 1.165) is 12.1 Å². The fourth-order valence-corrected chi connectivity index (χ4v) is 2.64. The zero-order valence-electron chi connectivity index (χ0n) is 9.75. The summed E-state index contributed by atoms with van der Waals surface area (Å²) in [5.41, 5.74) is 0. The van der Waals surface area contributed by atoms with Gasteiger partial charge in [0.05, 0.1) is 0 Å². The van der Waals surface area contributed by atoms with E-state index in [1.165, 1.54) is 38.1 Å². The molecule has 0 aromatic carbocycles. The van der Waals surface area contributed by atoms with Crippen molar-refractivity contribution in [2.45, 2.75) is 38.3 Å². The summed E-state index contributed by atoms with van der Waals surface area (Å²) in [5.74, 6) is 1.30. The van der Waals surface area contributed by atoms with E-state index in [9.17, 15) is 0 Å². The number of likely N-dealkylation sites (tertiary alicyclic amines) is 1. The fraction of sp³-hybridized carbons (Fsp3) is 1.00. The lowest BCUT2D eigenvalue weighted by molar-refractivity contribution is 0.139. The summed E-state index contributed by atoms with van der Waals surface area (Å²) < 4.78 is 0. The van der Waals surface area contributed by atoms with E-state index in [1.807, 2.05) is 11.8 Å². The van der Waals surface area contributed by atoms with Crippen molar-refractivity contribution in [3.05, 3.63) is 0 Å². The maximum atomic E-state index is 3.39. The first-order valence-electron chi connectivity index (χ1n) is 5.68. The first-order valence-corrected chi connectivity index (χ1v) is 7.07. The van der Waals surface area contributed by atoms with E-state index < -0.39 is 0 Å². The first-order chi connectivity index (χ1) is 6.77. The van der Waals surface area contributed by atoms with E-state index in [4.69, 9.17) is 0 Å². The first kappa shape index (κ1) is 12.3. The highest BCUT2D eigenvalue weighted by molar-refractivity contribution is 7.98. The molecule has 1 rings (SSSR count). The zero-order chi connectivity index (χ0) is 10.4. The van der Waals surface area contributed by atoms with Gasteiger partial charge in [-0.25, -0.2) is 0 Å². The molecule has 14 heavy (non-hydrogen) atoms. The van der Waals surface area contributed by atoms with Crippen LogP contribution in [0.2, 0.25) is 0 Å². The maximum Gasteiger partial charge on any atom is 0.00910 e. The Morgan fingerprint density at radius 3 is 2.86 bits per heavy atom. The molecule has 1 saturated heterocycles. The minimum Gasteiger partial charge on any atom is -0.317 e. The number of piperidine rings is 1. The molecular weight excluding hydrogens is 192 g/mol. The van der Waals surface area contributed by atoms with Gasteiger partial charge in [0, 0.05) is 12.1 Å². The summed E-state index contributed by atoms with van der Waals surface area (Å²) in [6.07, 6.45) is 6.17. The summed E-state index contributed by atoms with van der Waals surface area (Å²) in [5, 5.41) is 3.39. The third kappa shape index (κ3) is 3.79. The molecule has 3 heteroatoms. The van der Waals surface area contributed by atoms with Gasteiger partial charge < -0.3 is 10.2 Å². The van der Waals surface area contributed by atoms with Crippen molar-refractivity contribution in [1.82, 2.24) is 10.2 Å². The number of hydrogen-bond donors (Lipinski definition) is 1. The molecular formula is C11H24N2S. The van der Waals surface area contributed by atoms with Crippen LogP contribution in [0.25, 0.3) is 0 Å². The van der Waals surface area contributed by atoms with Crippen LogP contribution in [0.4, 0.5) is 0 Å². The molecule has 1 aliphatic rings.